The van der Waals surface area contributed by atoms with E-state index in [1.54, 1.807) is 0 Å². The molecule has 7 heteroatoms. The molecule has 1 amide bonds. The highest BCUT2D eigenvalue weighted by Gasteiger charge is 2.25. The lowest BCUT2D eigenvalue weighted by molar-refractivity contribution is 0.0675. The highest BCUT2D eigenvalue weighted by atomic mass is 127. The highest BCUT2D eigenvalue weighted by Crippen LogP contribution is 2.20. The van der Waals surface area contributed by atoms with Gasteiger partial charge in [-0.3, -0.25) is 4.79 Å². The molecular weight excluding hydrogens is 403 g/mol. The van der Waals surface area contributed by atoms with E-state index in [4.69, 9.17) is 0 Å². The van der Waals surface area contributed by atoms with Crippen LogP contribution in [0, 0.1) is 9.49 Å². The predicted molar refractivity (Wildman–Crippen MR) is 90.6 cm³/mol. The van der Waals surface area contributed by atoms with Crippen molar-refractivity contribution in [2.24, 2.45) is 5.92 Å². The largest absolute Gasteiger partial charge is 0.338 e. The molecule has 1 N–H and O–H groups in total. The van der Waals surface area contributed by atoms with Gasteiger partial charge in [-0.25, -0.2) is 13.1 Å². The summed E-state index contributed by atoms with van der Waals surface area (Å²) >= 11 is 2.16. The van der Waals surface area contributed by atoms with Gasteiger partial charge in [0.15, 0.2) is 0 Å². The van der Waals surface area contributed by atoms with E-state index in [-0.39, 0.29) is 11.8 Å². The summed E-state index contributed by atoms with van der Waals surface area (Å²) in [6.07, 6.45) is 3.01. The Bertz CT molecular complexity index is 618. The van der Waals surface area contributed by atoms with Crippen LogP contribution in [0.2, 0.25) is 0 Å². The van der Waals surface area contributed by atoms with Crippen molar-refractivity contribution in [2.75, 3.05) is 25.9 Å². The van der Waals surface area contributed by atoms with Crippen LogP contribution in [-0.2, 0) is 10.0 Å². The van der Waals surface area contributed by atoms with Gasteiger partial charge in [0.25, 0.3) is 5.91 Å². The van der Waals surface area contributed by atoms with E-state index in [1.807, 2.05) is 29.2 Å². The first kappa shape index (κ1) is 16.7. The van der Waals surface area contributed by atoms with E-state index in [1.165, 1.54) is 0 Å². The highest BCUT2D eigenvalue weighted by molar-refractivity contribution is 14.1. The lowest BCUT2D eigenvalue weighted by atomic mass is 9.97. The monoisotopic (exact) mass is 422 g/mol. The zero-order chi connectivity index (χ0) is 15.5. The molecule has 0 spiro atoms. The van der Waals surface area contributed by atoms with Gasteiger partial charge >= 0.3 is 0 Å². The molecule has 1 aromatic rings. The number of halogens is 1. The normalized spacial score (nSPS) is 19.5. The lowest BCUT2D eigenvalue weighted by Gasteiger charge is -2.33. The quantitative estimate of drug-likeness (QED) is 0.752. The Kier molecular flexibility index (Phi) is 5.61. The Hall–Kier alpha value is -0.670. The average Bonchev–Trinajstić information content (AvgIpc) is 2.44. The smallest absolute Gasteiger partial charge is 0.254 e. The number of piperidine rings is 1. The molecule has 0 bridgehead atoms. The summed E-state index contributed by atoms with van der Waals surface area (Å²) in [4.78, 5) is 14.4. The van der Waals surface area contributed by atoms with E-state index in [2.05, 4.69) is 27.3 Å². The number of likely N-dealkylation sites (tertiary alicyclic amines) is 1. The van der Waals surface area contributed by atoms with E-state index in [0.717, 1.165) is 34.8 Å². The molecule has 1 aliphatic rings. The molecule has 2 rings (SSSR count). The number of sulfonamides is 1. The SMILES string of the molecule is CS(=O)(=O)NCC1CCCN(C(=O)c2ccccc2I)C1. The maximum absolute atomic E-state index is 12.5. The molecule has 1 aromatic carbocycles. The number of benzene rings is 1. The van der Waals surface area contributed by atoms with Crippen molar-refractivity contribution in [3.8, 4) is 0 Å². The van der Waals surface area contributed by atoms with Crippen molar-refractivity contribution in [3.63, 3.8) is 0 Å². The fraction of sp³-hybridized carbons (Fsp3) is 0.500. The predicted octanol–water partition coefficient (Wildman–Crippen LogP) is 1.69. The number of amides is 1. The van der Waals surface area contributed by atoms with Gasteiger partial charge in [0.2, 0.25) is 10.0 Å². The Balaban J connectivity index is 2.01. The molecule has 116 valence electrons. The summed E-state index contributed by atoms with van der Waals surface area (Å²) in [6, 6.07) is 7.53. The van der Waals surface area contributed by atoms with Crippen LogP contribution in [0.1, 0.15) is 23.2 Å². The Morgan fingerprint density at radius 1 is 1.43 bits per heavy atom. The molecule has 21 heavy (non-hydrogen) atoms. The third-order valence-corrected chi connectivity index (χ3v) is 5.18. The van der Waals surface area contributed by atoms with E-state index in [9.17, 15) is 13.2 Å². The Labute approximate surface area is 139 Å². The zero-order valence-electron chi connectivity index (χ0n) is 11.9. The van der Waals surface area contributed by atoms with Crippen LogP contribution in [0.5, 0.6) is 0 Å². The maximum atomic E-state index is 12.5. The first-order valence-corrected chi connectivity index (χ1v) is 9.82. The van der Waals surface area contributed by atoms with Crippen molar-refractivity contribution in [1.82, 2.24) is 9.62 Å². The summed E-state index contributed by atoms with van der Waals surface area (Å²) in [5, 5.41) is 0. The zero-order valence-corrected chi connectivity index (χ0v) is 14.9. The van der Waals surface area contributed by atoms with Gasteiger partial charge in [-0.1, -0.05) is 12.1 Å². The third kappa shape index (κ3) is 4.93. The van der Waals surface area contributed by atoms with Crippen molar-refractivity contribution < 1.29 is 13.2 Å². The van der Waals surface area contributed by atoms with Gasteiger partial charge in [-0.05, 0) is 53.5 Å². The molecule has 1 heterocycles. The molecule has 0 aromatic heterocycles. The van der Waals surface area contributed by atoms with Gasteiger partial charge in [-0.2, -0.15) is 0 Å². The minimum absolute atomic E-state index is 0.0315. The van der Waals surface area contributed by atoms with Crippen LogP contribution in [0.3, 0.4) is 0 Å². The van der Waals surface area contributed by atoms with Crippen LogP contribution in [0.15, 0.2) is 24.3 Å². The number of nitrogens with zero attached hydrogens (tertiary/aromatic N) is 1. The Morgan fingerprint density at radius 2 is 2.14 bits per heavy atom. The molecule has 0 aliphatic carbocycles. The van der Waals surface area contributed by atoms with Gasteiger partial charge in [0.05, 0.1) is 11.8 Å². The fourth-order valence-corrected chi connectivity index (χ4v) is 3.65. The lowest BCUT2D eigenvalue weighted by Crippen LogP contribution is -2.43. The first-order chi connectivity index (χ1) is 9.87. The average molecular weight is 422 g/mol. The van der Waals surface area contributed by atoms with Gasteiger partial charge in [0, 0.05) is 23.2 Å². The number of carbonyl (C=O) groups is 1. The summed E-state index contributed by atoms with van der Waals surface area (Å²) in [7, 11) is -3.17. The summed E-state index contributed by atoms with van der Waals surface area (Å²) in [5.74, 6) is 0.211. The molecule has 1 saturated heterocycles. The number of carbonyl (C=O) groups excluding carboxylic acids is 1. The molecule has 1 aliphatic heterocycles. The summed E-state index contributed by atoms with van der Waals surface area (Å²) in [6.45, 7) is 1.74. The fourth-order valence-electron chi connectivity index (χ4n) is 2.49. The molecule has 0 saturated carbocycles. The van der Waals surface area contributed by atoms with Gasteiger partial charge in [-0.15, -0.1) is 0 Å². The van der Waals surface area contributed by atoms with Crippen LogP contribution in [-0.4, -0.2) is 45.1 Å². The van der Waals surface area contributed by atoms with Crippen molar-refractivity contribution in [1.29, 1.82) is 0 Å². The second kappa shape index (κ2) is 7.06. The maximum Gasteiger partial charge on any atom is 0.254 e. The van der Waals surface area contributed by atoms with Crippen LogP contribution in [0.25, 0.3) is 0 Å². The third-order valence-electron chi connectivity index (χ3n) is 3.54. The molecule has 0 radical (unpaired) electrons. The number of rotatable bonds is 4. The topological polar surface area (TPSA) is 66.5 Å². The van der Waals surface area contributed by atoms with Gasteiger partial charge < -0.3 is 4.90 Å². The van der Waals surface area contributed by atoms with E-state index < -0.39 is 10.0 Å². The summed E-state index contributed by atoms with van der Waals surface area (Å²) in [5.41, 5.74) is 0.717. The van der Waals surface area contributed by atoms with Gasteiger partial charge in [0.1, 0.15) is 0 Å². The van der Waals surface area contributed by atoms with E-state index in [0.29, 0.717) is 13.1 Å². The van der Waals surface area contributed by atoms with Crippen LogP contribution < -0.4 is 4.72 Å². The summed E-state index contributed by atoms with van der Waals surface area (Å²) < 4.78 is 25.8. The van der Waals surface area contributed by atoms with Crippen LogP contribution in [0.4, 0.5) is 0 Å². The van der Waals surface area contributed by atoms with Crippen LogP contribution >= 0.6 is 22.6 Å². The molecule has 1 atom stereocenters. The first-order valence-electron chi connectivity index (χ1n) is 6.85. The van der Waals surface area contributed by atoms with Crippen molar-refractivity contribution in [3.05, 3.63) is 33.4 Å². The Morgan fingerprint density at radius 3 is 2.81 bits per heavy atom. The molecular formula is C14H19IN2O3S. The minimum Gasteiger partial charge on any atom is -0.338 e. The minimum atomic E-state index is -3.17. The number of hydrogen-bond acceptors (Lipinski definition) is 3. The molecule has 1 unspecified atom stereocenters. The van der Waals surface area contributed by atoms with E-state index >= 15 is 0 Å². The second-order valence-corrected chi connectivity index (χ2v) is 8.36. The standard InChI is InChI=1S/C14H19IN2O3S/c1-21(19,20)16-9-11-5-4-8-17(10-11)14(18)12-6-2-3-7-13(12)15/h2-3,6-7,11,16H,4-5,8-10H2,1H3. The molecule has 1 fully saturated rings. The number of nitrogens with one attached hydrogen (secondary N) is 1. The number of hydrogen-bond donors (Lipinski definition) is 1. The van der Waals surface area contributed by atoms with Crippen molar-refractivity contribution in [2.45, 2.75) is 12.8 Å². The molecule has 5 nitrogen and oxygen atoms in total. The second-order valence-electron chi connectivity index (χ2n) is 5.36. The van der Waals surface area contributed by atoms with Crippen molar-refractivity contribution >= 4 is 38.5 Å².